The zero-order valence-electron chi connectivity index (χ0n) is 12.1. The molecule has 0 saturated heterocycles. The largest absolute Gasteiger partial charge is 0.440 e. The molecule has 2 aromatic rings. The number of carbonyl (C=O) groups excluding carboxylic acids is 1. The molecular formula is C15H19ClN2O2S. The second-order valence-electron chi connectivity index (χ2n) is 4.61. The quantitative estimate of drug-likeness (QED) is 0.841. The van der Waals surface area contributed by atoms with Crippen molar-refractivity contribution >= 4 is 28.8 Å². The van der Waals surface area contributed by atoms with Crippen molar-refractivity contribution < 1.29 is 9.21 Å². The average molecular weight is 327 g/mol. The molecule has 0 aliphatic heterocycles. The van der Waals surface area contributed by atoms with E-state index in [-0.39, 0.29) is 22.9 Å². The van der Waals surface area contributed by atoms with Gasteiger partial charge in [-0.15, -0.1) is 0 Å². The Kier molecular flexibility index (Phi) is 5.85. The van der Waals surface area contributed by atoms with Crippen molar-refractivity contribution in [3.05, 3.63) is 45.5 Å². The molecule has 0 bridgehead atoms. The lowest BCUT2D eigenvalue weighted by Crippen LogP contribution is -2.37. The highest BCUT2D eigenvalue weighted by Crippen LogP contribution is 2.22. The fourth-order valence-electron chi connectivity index (χ4n) is 2.30. The van der Waals surface area contributed by atoms with Gasteiger partial charge in [0, 0.05) is 6.54 Å². The van der Waals surface area contributed by atoms with Gasteiger partial charge in [0.1, 0.15) is 0 Å². The smallest absolute Gasteiger partial charge is 0.287 e. The van der Waals surface area contributed by atoms with E-state index in [9.17, 15) is 4.79 Å². The van der Waals surface area contributed by atoms with Crippen molar-refractivity contribution in [2.45, 2.75) is 19.9 Å². The first-order valence-electron chi connectivity index (χ1n) is 6.95. The van der Waals surface area contributed by atoms with Gasteiger partial charge in [-0.25, -0.2) is 0 Å². The van der Waals surface area contributed by atoms with Crippen LogP contribution in [-0.2, 0) is 0 Å². The van der Waals surface area contributed by atoms with Crippen LogP contribution < -0.4 is 5.32 Å². The van der Waals surface area contributed by atoms with E-state index in [1.165, 1.54) is 5.56 Å². The molecule has 2 rings (SSSR count). The third kappa shape index (κ3) is 4.09. The van der Waals surface area contributed by atoms with Gasteiger partial charge in [-0.2, -0.15) is 11.3 Å². The summed E-state index contributed by atoms with van der Waals surface area (Å²) in [6, 6.07) is 5.41. The van der Waals surface area contributed by atoms with Gasteiger partial charge in [-0.3, -0.25) is 9.69 Å². The standard InChI is InChI=1S/C15H19ClN2O2S/c1-3-18(4-2)12(11-7-8-21-10-11)9-17-15(19)13-5-6-14(16)20-13/h5-8,10,12H,3-4,9H2,1-2H3,(H,17,19)/t12-/m0/s1. The molecule has 0 aliphatic rings. The van der Waals surface area contributed by atoms with E-state index in [1.807, 2.05) is 0 Å². The fraction of sp³-hybridized carbons (Fsp3) is 0.400. The summed E-state index contributed by atoms with van der Waals surface area (Å²) in [5, 5.41) is 7.32. The minimum absolute atomic E-state index is 0.167. The molecule has 0 spiro atoms. The zero-order valence-corrected chi connectivity index (χ0v) is 13.7. The normalized spacial score (nSPS) is 12.6. The third-order valence-corrected chi connectivity index (χ3v) is 4.34. The lowest BCUT2D eigenvalue weighted by molar-refractivity contribution is 0.0907. The molecule has 4 nitrogen and oxygen atoms in total. The first kappa shape index (κ1) is 16.1. The molecule has 2 aromatic heterocycles. The number of amides is 1. The van der Waals surface area contributed by atoms with Crippen LogP contribution in [0.2, 0.25) is 5.22 Å². The van der Waals surface area contributed by atoms with Gasteiger partial charge in [0.25, 0.3) is 5.91 Å². The Labute approximate surface area is 133 Å². The average Bonchev–Trinajstić information content (AvgIpc) is 3.14. The number of furan rings is 1. The molecule has 0 radical (unpaired) electrons. The summed E-state index contributed by atoms with van der Waals surface area (Å²) in [5.74, 6) is -0.00194. The van der Waals surface area contributed by atoms with Crippen LogP contribution in [-0.4, -0.2) is 30.4 Å². The molecule has 0 aliphatic carbocycles. The lowest BCUT2D eigenvalue weighted by Gasteiger charge is -2.29. The second kappa shape index (κ2) is 7.64. The molecule has 0 aromatic carbocycles. The van der Waals surface area contributed by atoms with Crippen molar-refractivity contribution in [1.82, 2.24) is 10.2 Å². The number of thiophene rings is 1. The molecule has 21 heavy (non-hydrogen) atoms. The van der Waals surface area contributed by atoms with E-state index in [4.69, 9.17) is 16.0 Å². The molecule has 1 atom stereocenters. The Morgan fingerprint density at radius 1 is 1.38 bits per heavy atom. The predicted molar refractivity (Wildman–Crippen MR) is 86.0 cm³/mol. The molecule has 6 heteroatoms. The summed E-state index contributed by atoms with van der Waals surface area (Å²) in [4.78, 5) is 14.4. The van der Waals surface area contributed by atoms with E-state index in [2.05, 4.69) is 40.9 Å². The lowest BCUT2D eigenvalue weighted by atomic mass is 10.1. The number of hydrogen-bond donors (Lipinski definition) is 1. The van der Waals surface area contributed by atoms with Crippen LogP contribution in [0.5, 0.6) is 0 Å². The SMILES string of the molecule is CCN(CC)[C@@H](CNC(=O)c1ccc(Cl)o1)c1ccsc1. The molecular weight excluding hydrogens is 308 g/mol. The maximum absolute atomic E-state index is 12.1. The van der Waals surface area contributed by atoms with Gasteiger partial charge in [0.2, 0.25) is 0 Å². The molecule has 0 saturated carbocycles. The van der Waals surface area contributed by atoms with Gasteiger partial charge in [-0.05, 0) is 59.2 Å². The molecule has 2 heterocycles. The summed E-state index contributed by atoms with van der Waals surface area (Å²) in [6.07, 6.45) is 0. The monoisotopic (exact) mass is 326 g/mol. The number of nitrogens with zero attached hydrogens (tertiary/aromatic N) is 1. The van der Waals surface area contributed by atoms with Crippen LogP contribution in [0, 0.1) is 0 Å². The van der Waals surface area contributed by atoms with Crippen molar-refractivity contribution in [3.8, 4) is 0 Å². The van der Waals surface area contributed by atoms with E-state index in [0.29, 0.717) is 6.54 Å². The zero-order chi connectivity index (χ0) is 15.2. The first-order chi connectivity index (χ1) is 10.2. The number of likely N-dealkylation sites (N-methyl/N-ethyl adjacent to an activating group) is 1. The molecule has 0 unspecified atom stereocenters. The summed E-state index contributed by atoms with van der Waals surface area (Å²) in [7, 11) is 0. The Balaban J connectivity index is 2.04. The Morgan fingerprint density at radius 2 is 2.14 bits per heavy atom. The highest BCUT2D eigenvalue weighted by atomic mass is 35.5. The number of hydrogen-bond acceptors (Lipinski definition) is 4. The van der Waals surface area contributed by atoms with Crippen molar-refractivity contribution in [2.75, 3.05) is 19.6 Å². The second-order valence-corrected chi connectivity index (χ2v) is 5.76. The van der Waals surface area contributed by atoms with Crippen molar-refractivity contribution in [3.63, 3.8) is 0 Å². The van der Waals surface area contributed by atoms with Crippen LogP contribution in [0.25, 0.3) is 0 Å². The first-order valence-corrected chi connectivity index (χ1v) is 8.27. The van der Waals surface area contributed by atoms with Crippen LogP contribution in [0.15, 0.2) is 33.4 Å². The molecule has 1 amide bonds. The third-order valence-electron chi connectivity index (χ3n) is 3.43. The van der Waals surface area contributed by atoms with Gasteiger partial charge < -0.3 is 9.73 Å². The number of nitrogens with one attached hydrogen (secondary N) is 1. The van der Waals surface area contributed by atoms with Crippen LogP contribution in [0.1, 0.15) is 36.0 Å². The molecule has 114 valence electrons. The maximum Gasteiger partial charge on any atom is 0.287 e. The van der Waals surface area contributed by atoms with Crippen LogP contribution >= 0.6 is 22.9 Å². The van der Waals surface area contributed by atoms with Crippen LogP contribution in [0.4, 0.5) is 0 Å². The Morgan fingerprint density at radius 3 is 2.67 bits per heavy atom. The Bertz CT molecular complexity index is 564. The van der Waals surface area contributed by atoms with Crippen molar-refractivity contribution in [2.24, 2.45) is 0 Å². The predicted octanol–water partition coefficient (Wildman–Crippen LogP) is 3.81. The summed E-state index contributed by atoms with van der Waals surface area (Å²) in [6.45, 7) is 6.64. The summed E-state index contributed by atoms with van der Waals surface area (Å²) >= 11 is 7.36. The number of carbonyl (C=O) groups is 1. The van der Waals surface area contributed by atoms with Crippen LogP contribution in [0.3, 0.4) is 0 Å². The van der Waals surface area contributed by atoms with Gasteiger partial charge >= 0.3 is 0 Å². The Hall–Kier alpha value is -1.30. The van der Waals surface area contributed by atoms with Crippen molar-refractivity contribution in [1.29, 1.82) is 0 Å². The van der Waals surface area contributed by atoms with Gasteiger partial charge in [-0.1, -0.05) is 13.8 Å². The minimum atomic E-state index is -0.241. The van der Waals surface area contributed by atoms with E-state index in [0.717, 1.165) is 13.1 Å². The highest BCUT2D eigenvalue weighted by molar-refractivity contribution is 7.07. The van der Waals surface area contributed by atoms with Gasteiger partial charge in [0.15, 0.2) is 11.0 Å². The van der Waals surface area contributed by atoms with Gasteiger partial charge in [0.05, 0.1) is 6.04 Å². The number of halogens is 1. The minimum Gasteiger partial charge on any atom is -0.440 e. The maximum atomic E-state index is 12.1. The molecule has 0 fully saturated rings. The van der Waals surface area contributed by atoms with E-state index in [1.54, 1.807) is 23.5 Å². The fourth-order valence-corrected chi connectivity index (χ4v) is 3.15. The van der Waals surface area contributed by atoms with E-state index < -0.39 is 0 Å². The van der Waals surface area contributed by atoms with E-state index >= 15 is 0 Å². The number of rotatable bonds is 7. The summed E-state index contributed by atoms with van der Waals surface area (Å²) in [5.41, 5.74) is 1.22. The topological polar surface area (TPSA) is 45.5 Å². The highest BCUT2D eigenvalue weighted by Gasteiger charge is 2.20. The molecule has 1 N–H and O–H groups in total. The summed E-state index contributed by atoms with van der Waals surface area (Å²) < 4.78 is 5.12.